The summed E-state index contributed by atoms with van der Waals surface area (Å²) in [5.74, 6) is -0.150. The van der Waals surface area contributed by atoms with Gasteiger partial charge in [0.15, 0.2) is 0 Å². The van der Waals surface area contributed by atoms with Crippen molar-refractivity contribution >= 4 is 17.6 Å². The van der Waals surface area contributed by atoms with Crippen molar-refractivity contribution in [1.29, 1.82) is 0 Å². The highest BCUT2D eigenvalue weighted by molar-refractivity contribution is 6.17. The minimum atomic E-state index is -0.813. The number of anilines is 1. The monoisotopic (exact) mass is 391 g/mol. The third-order valence-electron chi connectivity index (χ3n) is 6.52. The fourth-order valence-electron chi connectivity index (χ4n) is 5.08. The highest BCUT2D eigenvalue weighted by Crippen LogP contribution is 2.43. The number of carbonyl (C=O) groups is 2. The zero-order valence-corrected chi connectivity index (χ0v) is 17.2. The Morgan fingerprint density at radius 2 is 1.45 bits per heavy atom. The van der Waals surface area contributed by atoms with Crippen molar-refractivity contribution in [1.82, 2.24) is 10.2 Å². The maximum Gasteiger partial charge on any atom is 0.329 e. The van der Waals surface area contributed by atoms with Crippen molar-refractivity contribution in [3.63, 3.8) is 0 Å². The van der Waals surface area contributed by atoms with Gasteiger partial charge in [0, 0.05) is 24.3 Å². The van der Waals surface area contributed by atoms with Gasteiger partial charge in [-0.05, 0) is 43.4 Å². The molecule has 29 heavy (non-hydrogen) atoms. The minimum absolute atomic E-state index is 0.150. The molecule has 3 amide bonds. The fraction of sp³-hybridized carbons (Fsp3) is 0.417. The summed E-state index contributed by atoms with van der Waals surface area (Å²) in [5.41, 5.74) is 1.26. The summed E-state index contributed by atoms with van der Waals surface area (Å²) >= 11 is 0. The number of rotatable bonds is 5. The second kappa shape index (κ2) is 7.99. The van der Waals surface area contributed by atoms with Gasteiger partial charge in [-0.15, -0.1) is 0 Å². The minimum Gasteiger partial charge on any atom is -0.293 e. The first kappa shape index (κ1) is 19.6. The molecule has 2 aromatic carbocycles. The molecular formula is C24H29N3O2. The molecule has 2 saturated heterocycles. The average molecular weight is 392 g/mol. The van der Waals surface area contributed by atoms with Crippen LogP contribution in [-0.2, 0) is 11.3 Å². The lowest BCUT2D eigenvalue weighted by Gasteiger charge is -2.51. The quantitative estimate of drug-likeness (QED) is 0.772. The molecule has 1 spiro atoms. The van der Waals surface area contributed by atoms with Crippen molar-refractivity contribution < 1.29 is 9.59 Å². The van der Waals surface area contributed by atoms with Crippen molar-refractivity contribution in [2.45, 2.75) is 63.7 Å². The predicted molar refractivity (Wildman–Crippen MR) is 115 cm³/mol. The molecule has 5 heteroatoms. The molecule has 4 rings (SSSR count). The van der Waals surface area contributed by atoms with E-state index in [4.69, 9.17) is 0 Å². The van der Waals surface area contributed by atoms with Gasteiger partial charge in [0.1, 0.15) is 5.54 Å². The van der Waals surface area contributed by atoms with Gasteiger partial charge in [0.2, 0.25) is 0 Å². The van der Waals surface area contributed by atoms with E-state index in [0.717, 1.165) is 25.1 Å². The van der Waals surface area contributed by atoms with Gasteiger partial charge in [0.05, 0.1) is 0 Å². The van der Waals surface area contributed by atoms with Crippen molar-refractivity contribution in [3.05, 3.63) is 66.2 Å². The van der Waals surface area contributed by atoms with Gasteiger partial charge in [-0.1, -0.05) is 62.4 Å². The Morgan fingerprint density at radius 1 is 0.897 bits per heavy atom. The molecular weight excluding hydrogens is 362 g/mol. The Hall–Kier alpha value is -2.66. The van der Waals surface area contributed by atoms with E-state index in [2.05, 4.69) is 48.3 Å². The van der Waals surface area contributed by atoms with Crippen LogP contribution in [0.3, 0.4) is 0 Å². The first-order valence-electron chi connectivity index (χ1n) is 10.6. The van der Waals surface area contributed by atoms with Crippen molar-refractivity contribution in [2.75, 3.05) is 4.90 Å². The van der Waals surface area contributed by atoms with Gasteiger partial charge in [-0.25, -0.2) is 4.79 Å². The summed E-state index contributed by atoms with van der Waals surface area (Å²) in [6.45, 7) is 5.22. The van der Waals surface area contributed by atoms with Crippen LogP contribution in [0.15, 0.2) is 60.7 Å². The summed E-state index contributed by atoms with van der Waals surface area (Å²) in [6, 6.07) is 20.3. The van der Waals surface area contributed by atoms with Crippen LogP contribution in [0.25, 0.3) is 0 Å². The lowest BCUT2D eigenvalue weighted by Crippen LogP contribution is -2.63. The third kappa shape index (κ3) is 3.44. The summed E-state index contributed by atoms with van der Waals surface area (Å²) in [7, 11) is 0. The zero-order chi connectivity index (χ0) is 20.4. The second-order valence-corrected chi connectivity index (χ2v) is 8.15. The van der Waals surface area contributed by atoms with Crippen LogP contribution in [0.4, 0.5) is 10.5 Å². The van der Waals surface area contributed by atoms with Crippen LogP contribution >= 0.6 is 0 Å². The van der Waals surface area contributed by atoms with E-state index in [1.165, 1.54) is 5.56 Å². The van der Waals surface area contributed by atoms with E-state index in [1.807, 2.05) is 36.4 Å². The number of para-hydroxylation sites is 1. The molecule has 2 heterocycles. The molecule has 0 bridgehead atoms. The van der Waals surface area contributed by atoms with Crippen molar-refractivity contribution in [2.24, 2.45) is 0 Å². The number of urea groups is 1. The molecule has 2 aromatic rings. The molecule has 0 radical (unpaired) electrons. The molecule has 152 valence electrons. The summed E-state index contributed by atoms with van der Waals surface area (Å²) in [5, 5.41) is 2.61. The lowest BCUT2D eigenvalue weighted by molar-refractivity contribution is -0.127. The van der Waals surface area contributed by atoms with Crippen LogP contribution in [0.1, 0.15) is 45.1 Å². The number of nitrogens with zero attached hydrogens (tertiary/aromatic N) is 2. The zero-order valence-electron chi connectivity index (χ0n) is 17.2. The maximum atomic E-state index is 13.1. The third-order valence-corrected chi connectivity index (χ3v) is 6.52. The topological polar surface area (TPSA) is 52.7 Å². The van der Waals surface area contributed by atoms with Gasteiger partial charge < -0.3 is 0 Å². The molecule has 5 nitrogen and oxygen atoms in total. The van der Waals surface area contributed by atoms with Gasteiger partial charge in [-0.2, -0.15) is 0 Å². The number of nitrogens with one attached hydrogen (secondary N) is 1. The standard InChI is InChI=1S/C24H29N3O2/c1-3-19-15-24(16-20(4-2)26(19)17-18-11-7-5-8-12-18)22(28)25-23(29)27(24)21-13-9-6-10-14-21/h5-14,19-20H,3-4,15-17H2,1-2H3,(H,25,28,29). The second-order valence-electron chi connectivity index (χ2n) is 8.15. The highest BCUT2D eigenvalue weighted by atomic mass is 16.2. The number of likely N-dealkylation sites (tertiary alicyclic amines) is 1. The molecule has 2 fully saturated rings. The number of piperidine rings is 1. The molecule has 2 unspecified atom stereocenters. The summed E-state index contributed by atoms with van der Waals surface area (Å²) < 4.78 is 0. The fourth-order valence-corrected chi connectivity index (χ4v) is 5.08. The smallest absolute Gasteiger partial charge is 0.293 e. The number of hydrogen-bond donors (Lipinski definition) is 1. The Balaban J connectivity index is 1.70. The van der Waals surface area contributed by atoms with Gasteiger partial charge in [0.25, 0.3) is 5.91 Å². The molecule has 2 atom stereocenters. The van der Waals surface area contributed by atoms with Crippen LogP contribution in [0, 0.1) is 0 Å². The molecule has 1 N–H and O–H groups in total. The molecule has 0 saturated carbocycles. The first-order chi connectivity index (χ1) is 14.1. The lowest BCUT2D eigenvalue weighted by atomic mass is 9.76. The number of amides is 3. The number of carbonyl (C=O) groups excluding carboxylic acids is 2. The number of benzene rings is 2. The normalized spacial score (nSPS) is 27.4. The largest absolute Gasteiger partial charge is 0.329 e. The number of imide groups is 1. The van der Waals surface area contributed by atoms with E-state index in [-0.39, 0.29) is 24.0 Å². The Bertz CT molecular complexity index is 854. The predicted octanol–water partition coefficient (Wildman–Crippen LogP) is 4.33. The molecule has 2 aliphatic heterocycles. The summed E-state index contributed by atoms with van der Waals surface area (Å²) in [6.07, 6.45) is 3.18. The van der Waals surface area contributed by atoms with E-state index >= 15 is 0 Å². The van der Waals surface area contributed by atoms with Crippen LogP contribution in [-0.4, -0.2) is 34.5 Å². The van der Waals surface area contributed by atoms with E-state index < -0.39 is 5.54 Å². The maximum absolute atomic E-state index is 13.1. The van der Waals surface area contributed by atoms with Gasteiger partial charge >= 0.3 is 6.03 Å². The van der Waals surface area contributed by atoms with Gasteiger partial charge in [-0.3, -0.25) is 19.9 Å². The highest BCUT2D eigenvalue weighted by Gasteiger charge is 2.58. The number of hydrogen-bond acceptors (Lipinski definition) is 3. The average Bonchev–Trinajstić information content (AvgIpc) is 2.99. The molecule has 0 aliphatic carbocycles. The Morgan fingerprint density at radius 3 is 2.00 bits per heavy atom. The molecule has 2 aliphatic rings. The van der Waals surface area contributed by atoms with Crippen molar-refractivity contribution in [3.8, 4) is 0 Å². The molecule has 0 aromatic heterocycles. The Labute approximate surface area is 172 Å². The van der Waals surface area contributed by atoms with E-state index in [1.54, 1.807) is 4.90 Å². The van der Waals surface area contributed by atoms with E-state index in [0.29, 0.717) is 12.8 Å². The SMILES string of the molecule is CCC1CC2(CC(CC)N1Cc1ccccc1)C(=O)NC(=O)N2c1ccccc1. The first-order valence-corrected chi connectivity index (χ1v) is 10.6. The summed E-state index contributed by atoms with van der Waals surface area (Å²) in [4.78, 5) is 30.2. The van der Waals surface area contributed by atoms with Crippen LogP contribution < -0.4 is 10.2 Å². The van der Waals surface area contributed by atoms with Crippen LogP contribution in [0.2, 0.25) is 0 Å². The van der Waals surface area contributed by atoms with Crippen LogP contribution in [0.5, 0.6) is 0 Å². The van der Waals surface area contributed by atoms with E-state index in [9.17, 15) is 9.59 Å². The Kier molecular flexibility index (Phi) is 5.41.